The number of carbonyl (C=O) groups excluding carboxylic acids is 2. The lowest BCUT2D eigenvalue weighted by Crippen LogP contribution is -2.24. The van der Waals surface area contributed by atoms with Crippen molar-refractivity contribution in [3.8, 4) is 0 Å². The SMILES string of the molecule is Cc1ccc(N=C2C(=O)N(c3ccsc3)c3ccccc32)cc1.O=C1C(=Nc2ccc(I)cc2)c2ccccc2N1c1ccsc1. The molecule has 0 unspecified atom stereocenters. The molecule has 0 saturated carbocycles. The zero-order valence-corrected chi connectivity index (χ0v) is 28.3. The van der Waals surface area contributed by atoms with E-state index in [4.69, 9.17) is 0 Å². The van der Waals surface area contributed by atoms with Crippen LogP contribution < -0.4 is 9.80 Å². The number of amides is 2. The first-order chi connectivity index (χ1) is 22.5. The lowest BCUT2D eigenvalue weighted by atomic mass is 10.1. The zero-order valence-electron chi connectivity index (χ0n) is 24.5. The lowest BCUT2D eigenvalue weighted by Gasteiger charge is -2.14. The van der Waals surface area contributed by atoms with Gasteiger partial charge in [0.05, 0.1) is 34.1 Å². The van der Waals surface area contributed by atoms with E-state index in [2.05, 4.69) is 32.6 Å². The molecule has 2 aromatic heterocycles. The molecule has 0 radical (unpaired) electrons. The van der Waals surface area contributed by atoms with E-state index >= 15 is 0 Å². The molecule has 46 heavy (non-hydrogen) atoms. The highest BCUT2D eigenvalue weighted by atomic mass is 127. The molecule has 2 aliphatic rings. The first kappa shape index (κ1) is 30.0. The van der Waals surface area contributed by atoms with Crippen molar-refractivity contribution in [1.82, 2.24) is 0 Å². The molecule has 224 valence electrons. The van der Waals surface area contributed by atoms with Crippen LogP contribution in [-0.4, -0.2) is 23.2 Å². The van der Waals surface area contributed by atoms with Gasteiger partial charge in [0.2, 0.25) is 0 Å². The number of thiophene rings is 2. The topological polar surface area (TPSA) is 65.3 Å². The number of hydrogen-bond donors (Lipinski definition) is 0. The molecule has 4 aromatic carbocycles. The molecule has 8 rings (SSSR count). The number of fused-ring (bicyclic) bond motifs is 2. The highest BCUT2D eigenvalue weighted by molar-refractivity contribution is 14.1. The largest absolute Gasteiger partial charge is 0.282 e. The second-order valence-electron chi connectivity index (χ2n) is 10.5. The van der Waals surface area contributed by atoms with E-state index in [1.54, 1.807) is 32.5 Å². The molecule has 0 atom stereocenters. The van der Waals surface area contributed by atoms with Gasteiger partial charge in [0.15, 0.2) is 0 Å². The zero-order chi connectivity index (χ0) is 31.6. The number of anilines is 4. The Bertz CT molecular complexity index is 1950. The fourth-order valence-electron chi connectivity index (χ4n) is 5.29. The average Bonchev–Trinajstić information content (AvgIpc) is 3.88. The number of carbonyl (C=O) groups is 2. The lowest BCUT2D eigenvalue weighted by molar-refractivity contribution is -0.112. The Kier molecular flexibility index (Phi) is 8.44. The number of benzene rings is 4. The van der Waals surface area contributed by atoms with Crippen LogP contribution in [0.4, 0.5) is 34.1 Å². The summed E-state index contributed by atoms with van der Waals surface area (Å²) in [5.74, 6) is -0.159. The van der Waals surface area contributed by atoms with Crippen LogP contribution in [0.1, 0.15) is 16.7 Å². The van der Waals surface area contributed by atoms with E-state index in [0.717, 1.165) is 48.8 Å². The third-order valence-electron chi connectivity index (χ3n) is 7.48. The standard InChI is InChI=1S/C19H14N2OS.C18H11IN2OS/c1-13-6-8-14(9-7-13)20-18-16-4-2-3-5-17(16)21(19(18)22)15-10-11-23-12-15;19-12-5-7-13(8-6-12)20-17-15-3-1-2-4-16(15)21(18(17)22)14-9-10-23-11-14/h2-12H,1H3;1-11H. The van der Waals surface area contributed by atoms with Gasteiger partial charge in [0.25, 0.3) is 11.8 Å². The van der Waals surface area contributed by atoms with E-state index in [0.29, 0.717) is 11.4 Å². The third-order valence-corrected chi connectivity index (χ3v) is 9.54. The molecule has 6 nitrogen and oxygen atoms in total. The molecule has 6 aromatic rings. The summed E-state index contributed by atoms with van der Waals surface area (Å²) in [6.45, 7) is 2.03. The van der Waals surface area contributed by atoms with E-state index in [1.807, 2.05) is 138 Å². The summed E-state index contributed by atoms with van der Waals surface area (Å²) in [6.07, 6.45) is 0. The molecule has 2 aliphatic heterocycles. The van der Waals surface area contributed by atoms with Crippen molar-refractivity contribution in [2.75, 3.05) is 9.80 Å². The molecule has 0 saturated heterocycles. The van der Waals surface area contributed by atoms with Gasteiger partial charge in [0, 0.05) is 25.5 Å². The van der Waals surface area contributed by atoms with E-state index in [1.165, 1.54) is 5.56 Å². The molecular weight excluding hydrogens is 723 g/mol. The Balaban J connectivity index is 0.000000147. The Morgan fingerprint density at radius 1 is 0.565 bits per heavy atom. The predicted octanol–water partition coefficient (Wildman–Crippen LogP) is 10.0. The fourth-order valence-corrected chi connectivity index (χ4v) is 6.89. The van der Waals surface area contributed by atoms with Crippen molar-refractivity contribution in [2.24, 2.45) is 9.98 Å². The van der Waals surface area contributed by atoms with Crippen LogP contribution in [0.15, 0.2) is 141 Å². The third kappa shape index (κ3) is 5.84. The van der Waals surface area contributed by atoms with Crippen molar-refractivity contribution in [2.45, 2.75) is 6.92 Å². The van der Waals surface area contributed by atoms with Gasteiger partial charge in [-0.2, -0.15) is 22.7 Å². The summed E-state index contributed by atoms with van der Waals surface area (Å²) in [7, 11) is 0. The Morgan fingerprint density at radius 3 is 1.43 bits per heavy atom. The van der Waals surface area contributed by atoms with E-state index in [9.17, 15) is 9.59 Å². The highest BCUT2D eigenvalue weighted by Gasteiger charge is 2.36. The summed E-state index contributed by atoms with van der Waals surface area (Å²) in [6, 6.07) is 35.2. The van der Waals surface area contributed by atoms with Crippen LogP contribution >= 0.6 is 45.3 Å². The van der Waals surface area contributed by atoms with Crippen LogP contribution in [-0.2, 0) is 9.59 Å². The minimum atomic E-state index is -0.0804. The second-order valence-corrected chi connectivity index (χ2v) is 13.3. The quantitative estimate of drug-likeness (QED) is 0.169. The van der Waals surface area contributed by atoms with Crippen LogP contribution in [0.5, 0.6) is 0 Å². The first-order valence-corrected chi connectivity index (χ1v) is 17.4. The Morgan fingerprint density at radius 2 is 1.00 bits per heavy atom. The molecule has 0 spiro atoms. The summed E-state index contributed by atoms with van der Waals surface area (Å²) >= 11 is 5.40. The molecule has 9 heteroatoms. The Labute approximate surface area is 288 Å². The number of nitrogens with zero attached hydrogens (tertiary/aromatic N) is 4. The van der Waals surface area contributed by atoms with Crippen molar-refractivity contribution in [1.29, 1.82) is 0 Å². The maximum absolute atomic E-state index is 12.9. The highest BCUT2D eigenvalue weighted by Crippen LogP contribution is 2.38. The summed E-state index contributed by atoms with van der Waals surface area (Å²) in [5, 5.41) is 7.89. The maximum atomic E-state index is 12.9. The molecular formula is C37H25IN4O2S2. The van der Waals surface area contributed by atoms with Crippen molar-refractivity contribution in [3.63, 3.8) is 0 Å². The molecule has 0 aliphatic carbocycles. The predicted molar refractivity (Wildman–Crippen MR) is 199 cm³/mol. The van der Waals surface area contributed by atoms with Crippen molar-refractivity contribution < 1.29 is 9.59 Å². The number of hydrogen-bond acceptors (Lipinski definition) is 6. The number of halogens is 1. The minimum Gasteiger partial charge on any atom is -0.274 e. The van der Waals surface area contributed by atoms with Gasteiger partial charge in [0.1, 0.15) is 11.4 Å². The summed E-state index contributed by atoms with van der Waals surface area (Å²) in [5.41, 5.74) is 9.06. The minimum absolute atomic E-state index is 0.0785. The van der Waals surface area contributed by atoms with E-state index < -0.39 is 0 Å². The van der Waals surface area contributed by atoms with Gasteiger partial charge in [-0.15, -0.1) is 0 Å². The van der Waals surface area contributed by atoms with Gasteiger partial charge in [-0.05, 0) is 101 Å². The normalized spacial score (nSPS) is 15.3. The second kappa shape index (κ2) is 13.0. The van der Waals surface area contributed by atoms with Gasteiger partial charge in [-0.3, -0.25) is 19.4 Å². The number of rotatable bonds is 4. The number of para-hydroxylation sites is 2. The number of aryl methyl sites for hydroxylation is 1. The van der Waals surface area contributed by atoms with Crippen LogP contribution in [0.25, 0.3) is 0 Å². The summed E-state index contributed by atoms with van der Waals surface area (Å²) in [4.78, 5) is 38.5. The van der Waals surface area contributed by atoms with E-state index in [-0.39, 0.29) is 11.8 Å². The van der Waals surface area contributed by atoms with Gasteiger partial charge < -0.3 is 0 Å². The molecule has 0 bridgehead atoms. The van der Waals surface area contributed by atoms with Crippen molar-refractivity contribution in [3.05, 3.63) is 151 Å². The monoisotopic (exact) mass is 748 g/mol. The van der Waals surface area contributed by atoms with Crippen LogP contribution in [0.3, 0.4) is 0 Å². The van der Waals surface area contributed by atoms with Gasteiger partial charge in [-0.1, -0.05) is 54.1 Å². The first-order valence-electron chi connectivity index (χ1n) is 14.4. The van der Waals surface area contributed by atoms with Crippen molar-refractivity contribution >= 4 is 103 Å². The molecule has 2 amide bonds. The van der Waals surface area contributed by atoms with Crippen LogP contribution in [0, 0.1) is 10.5 Å². The summed E-state index contributed by atoms with van der Waals surface area (Å²) < 4.78 is 1.14. The molecule has 0 fully saturated rings. The fraction of sp³-hybridized carbons (Fsp3) is 0.0270. The Hall–Kier alpha value is -4.71. The smallest absolute Gasteiger partial charge is 0.274 e. The van der Waals surface area contributed by atoms with Gasteiger partial charge in [-0.25, -0.2) is 9.98 Å². The average molecular weight is 749 g/mol. The number of aliphatic imine (C=N–C) groups is 2. The maximum Gasteiger partial charge on any atom is 0.282 e. The molecule has 4 heterocycles. The molecule has 0 N–H and O–H groups in total. The van der Waals surface area contributed by atoms with Gasteiger partial charge >= 0.3 is 0 Å². The van der Waals surface area contributed by atoms with Crippen LogP contribution in [0.2, 0.25) is 0 Å².